The Morgan fingerprint density at radius 1 is 1.09 bits per heavy atom. The Kier molecular flexibility index (Phi) is 9.07. The van der Waals surface area contributed by atoms with Crippen LogP contribution in [0.1, 0.15) is 37.3 Å². The van der Waals surface area contributed by atoms with Gasteiger partial charge in [-0.25, -0.2) is 4.79 Å². The maximum absolute atomic E-state index is 11.5. The quantitative estimate of drug-likeness (QED) is 0.515. The molecule has 0 saturated carbocycles. The highest BCUT2D eigenvalue weighted by Crippen LogP contribution is 2.15. The third-order valence-electron chi connectivity index (χ3n) is 3.34. The maximum Gasteiger partial charge on any atom is 0.317 e. The number of urea groups is 1. The van der Waals surface area contributed by atoms with Crippen LogP contribution in [0.3, 0.4) is 0 Å². The summed E-state index contributed by atoms with van der Waals surface area (Å²) in [6.45, 7) is 8.45. The van der Waals surface area contributed by atoms with Crippen LogP contribution in [0.25, 0.3) is 0 Å². The zero-order chi connectivity index (χ0) is 16.2. The van der Waals surface area contributed by atoms with E-state index in [1.165, 1.54) is 11.1 Å². The SMILES string of the molecule is CCCCOCCCNC(=O)NCOc1ccc(C)c(C)c1. The van der Waals surface area contributed by atoms with Gasteiger partial charge in [0.2, 0.25) is 0 Å². The van der Waals surface area contributed by atoms with E-state index in [4.69, 9.17) is 9.47 Å². The zero-order valence-corrected chi connectivity index (χ0v) is 13.9. The van der Waals surface area contributed by atoms with E-state index in [1.54, 1.807) is 0 Å². The molecule has 1 rings (SSSR count). The van der Waals surface area contributed by atoms with Crippen molar-refractivity contribution in [2.24, 2.45) is 0 Å². The molecule has 124 valence electrons. The van der Waals surface area contributed by atoms with Crippen molar-refractivity contribution < 1.29 is 14.3 Å². The summed E-state index contributed by atoms with van der Waals surface area (Å²) >= 11 is 0. The molecule has 5 nitrogen and oxygen atoms in total. The third kappa shape index (κ3) is 7.88. The van der Waals surface area contributed by atoms with E-state index in [0.29, 0.717) is 13.2 Å². The molecule has 22 heavy (non-hydrogen) atoms. The first-order chi connectivity index (χ1) is 10.6. The smallest absolute Gasteiger partial charge is 0.317 e. The number of benzene rings is 1. The third-order valence-corrected chi connectivity index (χ3v) is 3.34. The molecule has 5 heteroatoms. The van der Waals surface area contributed by atoms with Crippen molar-refractivity contribution >= 4 is 6.03 Å². The minimum Gasteiger partial charge on any atom is -0.473 e. The highest BCUT2D eigenvalue weighted by molar-refractivity contribution is 5.73. The number of hydrogen-bond donors (Lipinski definition) is 2. The maximum atomic E-state index is 11.5. The monoisotopic (exact) mass is 308 g/mol. The van der Waals surface area contributed by atoms with Crippen LogP contribution in [-0.4, -0.2) is 32.5 Å². The first-order valence-electron chi connectivity index (χ1n) is 7.93. The predicted octanol–water partition coefficient (Wildman–Crippen LogP) is 3.15. The number of unbranched alkanes of at least 4 members (excludes halogenated alkanes) is 1. The predicted molar refractivity (Wildman–Crippen MR) is 88.3 cm³/mol. The van der Waals surface area contributed by atoms with Gasteiger partial charge in [-0.05, 0) is 49.9 Å². The van der Waals surface area contributed by atoms with E-state index in [-0.39, 0.29) is 12.8 Å². The normalized spacial score (nSPS) is 10.3. The van der Waals surface area contributed by atoms with E-state index in [0.717, 1.165) is 31.6 Å². The molecule has 2 amide bonds. The lowest BCUT2D eigenvalue weighted by Crippen LogP contribution is -2.38. The molecule has 2 N–H and O–H groups in total. The number of hydrogen-bond acceptors (Lipinski definition) is 3. The van der Waals surface area contributed by atoms with Gasteiger partial charge in [0.1, 0.15) is 5.75 Å². The van der Waals surface area contributed by atoms with Crippen LogP contribution in [0.15, 0.2) is 18.2 Å². The molecular formula is C17H28N2O3. The summed E-state index contributed by atoms with van der Waals surface area (Å²) in [7, 11) is 0. The topological polar surface area (TPSA) is 59.6 Å². The minimum atomic E-state index is -0.225. The largest absolute Gasteiger partial charge is 0.473 e. The molecule has 0 heterocycles. The van der Waals surface area contributed by atoms with E-state index in [2.05, 4.69) is 24.5 Å². The van der Waals surface area contributed by atoms with Gasteiger partial charge in [-0.2, -0.15) is 0 Å². The molecule has 0 unspecified atom stereocenters. The molecule has 0 atom stereocenters. The van der Waals surface area contributed by atoms with E-state index >= 15 is 0 Å². The van der Waals surface area contributed by atoms with Crippen LogP contribution in [0.2, 0.25) is 0 Å². The minimum absolute atomic E-state index is 0.154. The van der Waals surface area contributed by atoms with Gasteiger partial charge in [0, 0.05) is 19.8 Å². The number of ether oxygens (including phenoxy) is 2. The standard InChI is InChI=1S/C17H28N2O3/c1-4-5-10-21-11-6-9-18-17(20)19-13-22-16-8-7-14(2)15(3)12-16/h7-8,12H,4-6,9-11,13H2,1-3H3,(H2,18,19,20). The number of carbonyl (C=O) groups excluding carboxylic acids is 1. The average molecular weight is 308 g/mol. The van der Waals surface area contributed by atoms with Gasteiger partial charge >= 0.3 is 6.03 Å². The molecule has 0 aliphatic carbocycles. The number of carbonyl (C=O) groups is 1. The molecule has 0 bridgehead atoms. The van der Waals surface area contributed by atoms with Crippen molar-refractivity contribution in [3.63, 3.8) is 0 Å². The fourth-order valence-electron chi connectivity index (χ4n) is 1.78. The van der Waals surface area contributed by atoms with Crippen LogP contribution in [0, 0.1) is 13.8 Å². The van der Waals surface area contributed by atoms with Gasteiger partial charge in [0.25, 0.3) is 0 Å². The van der Waals surface area contributed by atoms with Crippen molar-refractivity contribution in [2.45, 2.75) is 40.0 Å². The van der Waals surface area contributed by atoms with Crippen molar-refractivity contribution in [3.05, 3.63) is 29.3 Å². The van der Waals surface area contributed by atoms with Crippen LogP contribution in [0.5, 0.6) is 5.75 Å². The lowest BCUT2D eigenvalue weighted by molar-refractivity contribution is 0.129. The number of amides is 2. The van der Waals surface area contributed by atoms with E-state index < -0.39 is 0 Å². The Morgan fingerprint density at radius 3 is 2.59 bits per heavy atom. The van der Waals surface area contributed by atoms with Crippen LogP contribution in [0.4, 0.5) is 4.79 Å². The molecule has 0 saturated heterocycles. The van der Waals surface area contributed by atoms with E-state index in [9.17, 15) is 4.79 Å². The lowest BCUT2D eigenvalue weighted by atomic mass is 10.1. The molecule has 0 aliphatic heterocycles. The molecule has 0 spiro atoms. The molecule has 1 aromatic carbocycles. The Bertz CT molecular complexity index is 450. The van der Waals surface area contributed by atoms with Crippen LogP contribution in [-0.2, 0) is 4.74 Å². The van der Waals surface area contributed by atoms with Gasteiger partial charge < -0.3 is 20.1 Å². The zero-order valence-electron chi connectivity index (χ0n) is 13.9. The Morgan fingerprint density at radius 2 is 1.86 bits per heavy atom. The highest BCUT2D eigenvalue weighted by Gasteiger charge is 2.00. The van der Waals surface area contributed by atoms with Crippen molar-refractivity contribution in [1.82, 2.24) is 10.6 Å². The lowest BCUT2D eigenvalue weighted by Gasteiger charge is -2.10. The van der Waals surface area contributed by atoms with E-state index in [1.807, 2.05) is 25.1 Å². The molecule has 0 aliphatic rings. The first-order valence-corrected chi connectivity index (χ1v) is 7.93. The second kappa shape index (κ2) is 10.9. The molecule has 1 aromatic rings. The number of nitrogens with one attached hydrogen (secondary N) is 2. The molecule has 0 radical (unpaired) electrons. The molecular weight excluding hydrogens is 280 g/mol. The van der Waals surface area contributed by atoms with Gasteiger partial charge in [-0.1, -0.05) is 19.4 Å². The molecule has 0 aromatic heterocycles. The Labute approximate surface area is 133 Å². The average Bonchev–Trinajstić information content (AvgIpc) is 2.50. The van der Waals surface area contributed by atoms with Gasteiger partial charge in [0.15, 0.2) is 6.73 Å². The summed E-state index contributed by atoms with van der Waals surface area (Å²) in [5, 5.41) is 5.43. The van der Waals surface area contributed by atoms with Crippen LogP contribution >= 0.6 is 0 Å². The summed E-state index contributed by atoms with van der Waals surface area (Å²) in [5.41, 5.74) is 2.39. The summed E-state index contributed by atoms with van der Waals surface area (Å²) < 4.78 is 10.9. The van der Waals surface area contributed by atoms with Crippen LogP contribution < -0.4 is 15.4 Å². The number of rotatable bonds is 10. The van der Waals surface area contributed by atoms with Gasteiger partial charge in [-0.3, -0.25) is 0 Å². The fraction of sp³-hybridized carbons (Fsp3) is 0.588. The second-order valence-corrected chi connectivity index (χ2v) is 5.29. The first kappa shape index (κ1) is 18.3. The Hall–Kier alpha value is -1.75. The van der Waals surface area contributed by atoms with Crippen molar-refractivity contribution in [1.29, 1.82) is 0 Å². The summed E-state index contributed by atoms with van der Waals surface area (Å²) in [6.07, 6.45) is 3.04. The fourth-order valence-corrected chi connectivity index (χ4v) is 1.78. The summed E-state index contributed by atoms with van der Waals surface area (Å²) in [6, 6.07) is 5.64. The highest BCUT2D eigenvalue weighted by atomic mass is 16.5. The molecule has 0 fully saturated rings. The van der Waals surface area contributed by atoms with Gasteiger partial charge in [-0.15, -0.1) is 0 Å². The summed E-state index contributed by atoms with van der Waals surface area (Å²) in [5.74, 6) is 0.757. The van der Waals surface area contributed by atoms with Crippen molar-refractivity contribution in [3.8, 4) is 5.75 Å². The van der Waals surface area contributed by atoms with Gasteiger partial charge in [0.05, 0.1) is 0 Å². The number of aryl methyl sites for hydroxylation is 2. The second-order valence-electron chi connectivity index (χ2n) is 5.29. The summed E-state index contributed by atoms with van der Waals surface area (Å²) in [4.78, 5) is 11.5. The Balaban J connectivity index is 2.04. The van der Waals surface area contributed by atoms with Crippen molar-refractivity contribution in [2.75, 3.05) is 26.5 Å².